The molecular weight excluding hydrogens is 294 g/mol. The lowest BCUT2D eigenvalue weighted by Gasteiger charge is -2.19. The molecule has 0 saturated heterocycles. The number of hydrogen-bond donors (Lipinski definition) is 1. The predicted molar refractivity (Wildman–Crippen MR) is 86.3 cm³/mol. The molecule has 23 heavy (non-hydrogen) atoms. The van der Waals surface area contributed by atoms with Crippen LogP contribution in [0.25, 0.3) is 0 Å². The van der Waals surface area contributed by atoms with Crippen LogP contribution >= 0.6 is 0 Å². The van der Waals surface area contributed by atoms with Crippen LogP contribution in [0.2, 0.25) is 0 Å². The van der Waals surface area contributed by atoms with Crippen molar-refractivity contribution in [3.8, 4) is 0 Å². The number of rotatable bonds is 7. The van der Waals surface area contributed by atoms with Crippen molar-refractivity contribution in [1.82, 2.24) is 14.7 Å². The summed E-state index contributed by atoms with van der Waals surface area (Å²) in [4.78, 5) is 24.8. The Balaban J connectivity index is 2.19. The first-order valence-corrected chi connectivity index (χ1v) is 7.60. The van der Waals surface area contributed by atoms with E-state index in [-0.39, 0.29) is 12.5 Å². The molecule has 1 heterocycles. The van der Waals surface area contributed by atoms with Gasteiger partial charge in [-0.2, -0.15) is 5.10 Å². The number of nitrogens with zero attached hydrogens (tertiary/aromatic N) is 3. The molecule has 0 bridgehead atoms. The molecule has 0 aliphatic rings. The van der Waals surface area contributed by atoms with Crippen LogP contribution in [0.5, 0.6) is 0 Å². The minimum absolute atomic E-state index is 0.286. The summed E-state index contributed by atoms with van der Waals surface area (Å²) in [5.74, 6) is -1.30. The van der Waals surface area contributed by atoms with E-state index in [0.717, 1.165) is 11.3 Å². The van der Waals surface area contributed by atoms with Gasteiger partial charge in [-0.1, -0.05) is 37.3 Å². The summed E-state index contributed by atoms with van der Waals surface area (Å²) in [6.45, 7) is 4.43. The summed E-state index contributed by atoms with van der Waals surface area (Å²) in [5, 5.41) is 13.2. The van der Waals surface area contributed by atoms with Crippen LogP contribution in [0.1, 0.15) is 35.0 Å². The summed E-state index contributed by atoms with van der Waals surface area (Å²) in [6, 6.07) is 9.85. The topological polar surface area (TPSA) is 75.4 Å². The molecule has 0 fully saturated rings. The number of carboxylic acid groups (broad SMARTS) is 1. The number of hydrogen-bond acceptors (Lipinski definition) is 3. The molecule has 2 rings (SSSR count). The van der Waals surface area contributed by atoms with Crippen molar-refractivity contribution in [2.75, 3.05) is 13.1 Å². The van der Waals surface area contributed by atoms with Gasteiger partial charge in [0.15, 0.2) is 0 Å². The molecule has 0 unspecified atom stereocenters. The van der Waals surface area contributed by atoms with Crippen molar-refractivity contribution in [2.45, 2.75) is 26.8 Å². The van der Waals surface area contributed by atoms with Crippen LogP contribution in [0.15, 0.2) is 36.5 Å². The Morgan fingerprint density at radius 1 is 1.26 bits per heavy atom. The average molecular weight is 315 g/mol. The van der Waals surface area contributed by atoms with Crippen LogP contribution < -0.4 is 0 Å². The monoisotopic (exact) mass is 315 g/mol. The van der Waals surface area contributed by atoms with Gasteiger partial charge in [-0.15, -0.1) is 0 Å². The largest absolute Gasteiger partial charge is 0.480 e. The van der Waals surface area contributed by atoms with Crippen molar-refractivity contribution in [3.63, 3.8) is 0 Å². The van der Waals surface area contributed by atoms with E-state index >= 15 is 0 Å². The van der Waals surface area contributed by atoms with E-state index in [9.17, 15) is 9.59 Å². The Bertz CT molecular complexity index is 680. The molecule has 1 aromatic heterocycles. The Morgan fingerprint density at radius 3 is 2.57 bits per heavy atom. The van der Waals surface area contributed by atoms with Crippen molar-refractivity contribution < 1.29 is 14.7 Å². The highest BCUT2D eigenvalue weighted by atomic mass is 16.4. The third-order valence-corrected chi connectivity index (χ3v) is 3.62. The number of carbonyl (C=O) groups is 2. The third-order valence-electron chi connectivity index (χ3n) is 3.62. The Kier molecular flexibility index (Phi) is 5.51. The Morgan fingerprint density at radius 2 is 1.96 bits per heavy atom. The van der Waals surface area contributed by atoms with Crippen molar-refractivity contribution >= 4 is 11.9 Å². The van der Waals surface area contributed by atoms with E-state index in [1.165, 1.54) is 11.1 Å². The lowest BCUT2D eigenvalue weighted by molar-refractivity contribution is -0.137. The van der Waals surface area contributed by atoms with Crippen LogP contribution in [0, 0.1) is 6.92 Å². The summed E-state index contributed by atoms with van der Waals surface area (Å²) in [6.07, 6.45) is 2.22. The first kappa shape index (κ1) is 16.7. The fraction of sp³-hybridized carbons (Fsp3) is 0.353. The van der Waals surface area contributed by atoms with Gasteiger partial charge in [0.25, 0.3) is 5.91 Å². The number of benzene rings is 1. The molecule has 6 heteroatoms. The maximum Gasteiger partial charge on any atom is 0.323 e. The Hall–Kier alpha value is -2.63. The molecule has 0 atom stereocenters. The molecule has 0 radical (unpaired) electrons. The summed E-state index contributed by atoms with van der Waals surface area (Å²) < 4.78 is 1.76. The van der Waals surface area contributed by atoms with Crippen molar-refractivity contribution in [2.24, 2.45) is 0 Å². The van der Waals surface area contributed by atoms with Crippen LogP contribution in [0.4, 0.5) is 0 Å². The van der Waals surface area contributed by atoms with Gasteiger partial charge in [-0.25, -0.2) is 0 Å². The summed E-state index contributed by atoms with van der Waals surface area (Å²) >= 11 is 0. The smallest absolute Gasteiger partial charge is 0.323 e. The lowest BCUT2D eigenvalue weighted by atomic mass is 10.2. The molecule has 1 N–H and O–H groups in total. The molecule has 1 amide bonds. The van der Waals surface area contributed by atoms with Gasteiger partial charge in [0.1, 0.15) is 6.54 Å². The van der Waals surface area contributed by atoms with Crippen molar-refractivity contribution in [3.05, 3.63) is 53.3 Å². The molecule has 2 aromatic rings. The Labute approximate surface area is 135 Å². The normalized spacial score (nSPS) is 10.5. The van der Waals surface area contributed by atoms with Gasteiger partial charge in [-0.05, 0) is 18.9 Å². The average Bonchev–Trinajstić information content (AvgIpc) is 2.88. The number of amides is 1. The zero-order valence-corrected chi connectivity index (χ0v) is 13.4. The third kappa shape index (κ3) is 4.18. The lowest BCUT2D eigenvalue weighted by Crippen LogP contribution is -2.36. The summed E-state index contributed by atoms with van der Waals surface area (Å²) in [7, 11) is 0. The van der Waals surface area contributed by atoms with Crippen LogP contribution in [-0.2, 0) is 11.3 Å². The highest BCUT2D eigenvalue weighted by Crippen LogP contribution is 2.13. The standard InChI is InChI=1S/C17H21N3O3/c1-3-9-19(12-16(21)22)17(23)15-10-18-20(13(15)2)11-14-7-5-4-6-8-14/h4-8,10H,3,9,11-12H2,1-2H3,(H,21,22). The van der Waals surface area contributed by atoms with E-state index in [2.05, 4.69) is 5.10 Å². The van der Waals surface area contributed by atoms with Crippen molar-refractivity contribution in [1.29, 1.82) is 0 Å². The van der Waals surface area contributed by atoms with Gasteiger partial charge < -0.3 is 10.0 Å². The van der Waals surface area contributed by atoms with E-state index < -0.39 is 5.97 Å². The zero-order valence-electron chi connectivity index (χ0n) is 13.4. The minimum Gasteiger partial charge on any atom is -0.480 e. The molecule has 0 spiro atoms. The highest BCUT2D eigenvalue weighted by molar-refractivity contribution is 5.96. The molecule has 0 saturated carbocycles. The van der Waals surface area contributed by atoms with E-state index in [1.807, 2.05) is 44.2 Å². The van der Waals surface area contributed by atoms with Gasteiger partial charge in [0.2, 0.25) is 0 Å². The zero-order chi connectivity index (χ0) is 16.8. The number of carbonyl (C=O) groups excluding carboxylic acids is 1. The van der Waals surface area contributed by atoms with Gasteiger partial charge in [0.05, 0.1) is 18.3 Å². The first-order chi connectivity index (χ1) is 11.0. The van der Waals surface area contributed by atoms with Gasteiger partial charge in [-0.3, -0.25) is 14.3 Å². The predicted octanol–water partition coefficient (Wildman–Crippen LogP) is 2.18. The summed E-state index contributed by atoms with van der Waals surface area (Å²) in [5.41, 5.74) is 2.29. The van der Waals surface area contributed by atoms with Crippen LogP contribution in [-0.4, -0.2) is 44.8 Å². The SMILES string of the molecule is CCCN(CC(=O)O)C(=O)c1cnn(Cc2ccccc2)c1C. The molecule has 122 valence electrons. The minimum atomic E-state index is -1.01. The first-order valence-electron chi connectivity index (χ1n) is 7.60. The molecule has 0 aliphatic carbocycles. The maximum absolute atomic E-state index is 12.6. The maximum atomic E-state index is 12.6. The second-order valence-corrected chi connectivity index (χ2v) is 5.41. The van der Waals surface area contributed by atoms with E-state index in [0.29, 0.717) is 25.1 Å². The molecule has 0 aliphatic heterocycles. The quantitative estimate of drug-likeness (QED) is 0.849. The fourth-order valence-electron chi connectivity index (χ4n) is 2.43. The molecule has 1 aromatic carbocycles. The second-order valence-electron chi connectivity index (χ2n) is 5.41. The van der Waals surface area contributed by atoms with Crippen LogP contribution in [0.3, 0.4) is 0 Å². The highest BCUT2D eigenvalue weighted by Gasteiger charge is 2.22. The second kappa shape index (κ2) is 7.58. The molecular formula is C17H21N3O3. The van der Waals surface area contributed by atoms with E-state index in [4.69, 9.17) is 5.11 Å². The van der Waals surface area contributed by atoms with Gasteiger partial charge in [0, 0.05) is 12.2 Å². The number of aliphatic carboxylic acids is 1. The van der Waals surface area contributed by atoms with E-state index in [1.54, 1.807) is 4.68 Å². The number of carboxylic acids is 1. The van der Waals surface area contributed by atoms with Gasteiger partial charge >= 0.3 is 5.97 Å². The fourth-order valence-corrected chi connectivity index (χ4v) is 2.43. The number of aromatic nitrogens is 2. The molecule has 6 nitrogen and oxygen atoms in total.